The molecule has 0 radical (unpaired) electrons. The minimum absolute atomic E-state index is 0.450. The monoisotopic (exact) mass is 316 g/mol. The molecule has 0 aliphatic carbocycles. The molecule has 0 aromatic carbocycles. The van der Waals surface area contributed by atoms with Gasteiger partial charge in [0.25, 0.3) is 10.2 Å². The van der Waals surface area contributed by atoms with E-state index in [2.05, 4.69) is 10.2 Å². The van der Waals surface area contributed by atoms with Crippen LogP contribution in [0.4, 0.5) is 0 Å². The van der Waals surface area contributed by atoms with Crippen molar-refractivity contribution < 1.29 is 8.42 Å². The van der Waals surface area contributed by atoms with Crippen LogP contribution in [0.2, 0.25) is 0 Å². The molecule has 3 rings (SSSR count). The predicted molar refractivity (Wildman–Crippen MR) is 83.3 cm³/mol. The Morgan fingerprint density at radius 3 is 2.57 bits per heavy atom. The summed E-state index contributed by atoms with van der Waals surface area (Å²) in [5, 5.41) is 3.18. The van der Waals surface area contributed by atoms with Crippen LogP contribution < -0.4 is 5.32 Å². The first-order valence-electron chi connectivity index (χ1n) is 8.25. The Morgan fingerprint density at radius 2 is 1.76 bits per heavy atom. The third kappa shape index (κ3) is 3.27. The Hall–Kier alpha value is -0.210. The molecular weight excluding hydrogens is 288 g/mol. The second kappa shape index (κ2) is 6.50. The lowest BCUT2D eigenvalue weighted by Crippen LogP contribution is -2.57. The topological polar surface area (TPSA) is 55.9 Å². The van der Waals surface area contributed by atoms with E-state index in [0.717, 1.165) is 38.9 Å². The van der Waals surface area contributed by atoms with E-state index in [0.29, 0.717) is 38.1 Å². The van der Waals surface area contributed by atoms with Crippen molar-refractivity contribution in [3.05, 3.63) is 0 Å². The van der Waals surface area contributed by atoms with Gasteiger partial charge in [0.1, 0.15) is 0 Å². The molecule has 0 spiro atoms. The van der Waals surface area contributed by atoms with Gasteiger partial charge in [-0.1, -0.05) is 0 Å². The number of hydrogen-bond donors (Lipinski definition) is 1. The molecule has 3 fully saturated rings. The summed E-state index contributed by atoms with van der Waals surface area (Å²) in [4.78, 5) is 2.45. The fraction of sp³-hybridized carbons (Fsp3) is 1.00. The lowest BCUT2D eigenvalue weighted by molar-refractivity contribution is 0.147. The average molecular weight is 316 g/mol. The van der Waals surface area contributed by atoms with Gasteiger partial charge in [0.2, 0.25) is 0 Å². The first-order valence-corrected chi connectivity index (χ1v) is 9.65. The molecule has 3 heterocycles. The van der Waals surface area contributed by atoms with Gasteiger partial charge in [0.05, 0.1) is 0 Å². The number of nitrogens with one attached hydrogen (secondary N) is 1. The minimum atomic E-state index is -3.26. The fourth-order valence-corrected chi connectivity index (χ4v) is 5.79. The van der Waals surface area contributed by atoms with Crippen molar-refractivity contribution in [2.45, 2.75) is 31.7 Å². The molecule has 6 nitrogen and oxygen atoms in total. The Kier molecular flexibility index (Phi) is 4.85. The molecular formula is C14H28N4O2S. The summed E-state index contributed by atoms with van der Waals surface area (Å²) in [5.74, 6) is 0.450. The maximum absolute atomic E-state index is 12.9. The molecule has 2 atom stereocenters. The van der Waals surface area contributed by atoms with Gasteiger partial charge in [-0.25, -0.2) is 0 Å². The molecule has 0 saturated carbocycles. The largest absolute Gasteiger partial charge is 0.319 e. The van der Waals surface area contributed by atoms with Crippen LogP contribution in [0.15, 0.2) is 0 Å². The van der Waals surface area contributed by atoms with Crippen LogP contribution in [0.5, 0.6) is 0 Å². The molecule has 3 aliphatic rings. The lowest BCUT2D eigenvalue weighted by Gasteiger charge is -2.40. The zero-order chi connectivity index (χ0) is 14.9. The first kappa shape index (κ1) is 15.7. The Bertz CT molecular complexity index is 454. The van der Waals surface area contributed by atoms with Crippen LogP contribution in [0.25, 0.3) is 0 Å². The molecule has 122 valence electrons. The van der Waals surface area contributed by atoms with Crippen LogP contribution in [-0.2, 0) is 10.2 Å². The van der Waals surface area contributed by atoms with Crippen molar-refractivity contribution in [2.24, 2.45) is 5.92 Å². The van der Waals surface area contributed by atoms with Crippen molar-refractivity contribution in [2.75, 3.05) is 52.9 Å². The number of nitrogens with zero attached hydrogens (tertiary/aromatic N) is 3. The summed E-state index contributed by atoms with van der Waals surface area (Å²) < 4.78 is 29.2. The smallest absolute Gasteiger partial charge is 0.282 e. The van der Waals surface area contributed by atoms with Gasteiger partial charge in [-0.15, -0.1) is 0 Å². The van der Waals surface area contributed by atoms with Crippen LogP contribution in [-0.4, -0.2) is 80.8 Å². The van der Waals surface area contributed by atoms with E-state index in [-0.39, 0.29) is 0 Å². The standard InChI is InChI=1S/C14H28N4O2S/c1-15-10-13-4-2-7-17(11-13)21(19,20)18-9-8-16-6-3-5-14(16)12-18/h13-15H,2-12H2,1H3. The molecule has 3 saturated heterocycles. The molecule has 0 aromatic heterocycles. The minimum Gasteiger partial charge on any atom is -0.319 e. The number of rotatable bonds is 4. The number of hydrogen-bond acceptors (Lipinski definition) is 4. The van der Waals surface area contributed by atoms with Crippen LogP contribution in [0.1, 0.15) is 25.7 Å². The van der Waals surface area contributed by atoms with Crippen molar-refractivity contribution in [1.29, 1.82) is 0 Å². The van der Waals surface area contributed by atoms with Crippen molar-refractivity contribution in [3.63, 3.8) is 0 Å². The maximum atomic E-state index is 12.9. The normalized spacial score (nSPS) is 33.2. The maximum Gasteiger partial charge on any atom is 0.282 e. The highest BCUT2D eigenvalue weighted by Gasteiger charge is 2.39. The zero-order valence-electron chi connectivity index (χ0n) is 13.0. The molecule has 0 amide bonds. The molecule has 0 bridgehead atoms. The van der Waals surface area contributed by atoms with E-state index < -0.39 is 10.2 Å². The SMILES string of the molecule is CNCC1CCCN(S(=O)(=O)N2CCN3CCCC3C2)C1. The molecule has 21 heavy (non-hydrogen) atoms. The second-order valence-electron chi connectivity index (χ2n) is 6.62. The van der Waals surface area contributed by atoms with Crippen molar-refractivity contribution in [1.82, 2.24) is 18.8 Å². The van der Waals surface area contributed by atoms with E-state index in [9.17, 15) is 8.42 Å². The van der Waals surface area contributed by atoms with E-state index in [1.807, 2.05) is 7.05 Å². The number of piperazine rings is 1. The highest BCUT2D eigenvalue weighted by Crippen LogP contribution is 2.26. The van der Waals surface area contributed by atoms with E-state index in [4.69, 9.17) is 0 Å². The summed E-state index contributed by atoms with van der Waals surface area (Å²) in [6.07, 6.45) is 4.47. The molecule has 7 heteroatoms. The third-order valence-electron chi connectivity index (χ3n) is 5.18. The summed E-state index contributed by atoms with van der Waals surface area (Å²) >= 11 is 0. The van der Waals surface area contributed by atoms with Crippen molar-refractivity contribution in [3.8, 4) is 0 Å². The summed E-state index contributed by atoms with van der Waals surface area (Å²) in [6.45, 7) is 5.66. The fourth-order valence-electron chi connectivity index (χ4n) is 4.03. The van der Waals surface area contributed by atoms with Crippen LogP contribution >= 0.6 is 0 Å². The van der Waals surface area contributed by atoms with E-state index >= 15 is 0 Å². The second-order valence-corrected chi connectivity index (χ2v) is 8.55. The van der Waals surface area contributed by atoms with Gasteiger partial charge in [-0.2, -0.15) is 17.0 Å². The highest BCUT2D eigenvalue weighted by molar-refractivity contribution is 7.86. The van der Waals surface area contributed by atoms with Gasteiger partial charge < -0.3 is 5.32 Å². The Balaban J connectivity index is 1.65. The summed E-state index contributed by atoms with van der Waals surface area (Å²) in [6, 6.07) is 0.450. The zero-order valence-corrected chi connectivity index (χ0v) is 13.8. The van der Waals surface area contributed by atoms with Crippen LogP contribution in [0.3, 0.4) is 0 Å². The van der Waals surface area contributed by atoms with E-state index in [1.165, 1.54) is 6.42 Å². The number of piperidine rings is 1. The lowest BCUT2D eigenvalue weighted by atomic mass is 10.00. The van der Waals surface area contributed by atoms with Gasteiger partial charge in [0, 0.05) is 38.8 Å². The summed E-state index contributed by atoms with van der Waals surface area (Å²) in [7, 11) is -1.33. The van der Waals surface area contributed by atoms with Gasteiger partial charge in [0.15, 0.2) is 0 Å². The average Bonchev–Trinajstić information content (AvgIpc) is 2.95. The van der Waals surface area contributed by atoms with E-state index in [1.54, 1.807) is 8.61 Å². The Morgan fingerprint density at radius 1 is 1.00 bits per heavy atom. The Labute approximate surface area is 128 Å². The third-order valence-corrected chi connectivity index (χ3v) is 7.15. The van der Waals surface area contributed by atoms with Crippen LogP contribution in [0, 0.1) is 5.92 Å². The number of fused-ring (bicyclic) bond motifs is 1. The molecule has 0 aromatic rings. The van der Waals surface area contributed by atoms with Gasteiger partial charge in [-0.3, -0.25) is 4.90 Å². The van der Waals surface area contributed by atoms with Crippen molar-refractivity contribution >= 4 is 10.2 Å². The molecule has 3 aliphatic heterocycles. The molecule has 1 N–H and O–H groups in total. The summed E-state index contributed by atoms with van der Waals surface area (Å²) in [5.41, 5.74) is 0. The van der Waals surface area contributed by atoms with Gasteiger partial charge >= 0.3 is 0 Å². The predicted octanol–water partition coefficient (Wildman–Crippen LogP) is -0.0574. The quantitative estimate of drug-likeness (QED) is 0.790. The first-order chi connectivity index (χ1) is 10.1. The highest BCUT2D eigenvalue weighted by atomic mass is 32.2. The molecule has 2 unspecified atom stereocenters. The van der Waals surface area contributed by atoms with Gasteiger partial charge in [-0.05, 0) is 51.7 Å².